The summed E-state index contributed by atoms with van der Waals surface area (Å²) in [6.07, 6.45) is 6.04. The van der Waals surface area contributed by atoms with Gasteiger partial charge in [0.2, 0.25) is 0 Å². The highest BCUT2D eigenvalue weighted by Crippen LogP contribution is 2.36. The zero-order chi connectivity index (χ0) is 13.4. The Bertz CT molecular complexity index is 493. The van der Waals surface area contributed by atoms with E-state index in [9.17, 15) is 9.59 Å². The normalized spacial score (nSPS) is 26.2. The number of aromatic carboxylic acids is 1. The number of hydrogen-bond donors (Lipinski definition) is 1. The first-order chi connectivity index (χ1) is 9.15. The molecule has 2 aliphatic rings. The maximum Gasteiger partial charge on any atom is 0.338 e. The van der Waals surface area contributed by atoms with Gasteiger partial charge in [0, 0.05) is 19.2 Å². The van der Waals surface area contributed by atoms with Gasteiger partial charge in [-0.15, -0.1) is 0 Å². The topological polar surface area (TPSA) is 70.7 Å². The molecule has 2 fully saturated rings. The summed E-state index contributed by atoms with van der Waals surface area (Å²) >= 11 is 0. The van der Waals surface area contributed by atoms with Crippen LogP contribution in [0.4, 0.5) is 0 Å². The number of nitrogens with zero attached hydrogens (tertiary/aromatic N) is 1. The van der Waals surface area contributed by atoms with Gasteiger partial charge in [0.25, 0.3) is 5.91 Å². The number of fused-ring (bicyclic) bond motifs is 1. The van der Waals surface area contributed by atoms with Gasteiger partial charge < -0.3 is 14.4 Å². The van der Waals surface area contributed by atoms with Crippen molar-refractivity contribution in [3.63, 3.8) is 0 Å². The molecule has 1 aromatic rings. The van der Waals surface area contributed by atoms with E-state index < -0.39 is 5.97 Å². The van der Waals surface area contributed by atoms with E-state index in [1.165, 1.54) is 31.7 Å². The molecule has 1 aliphatic heterocycles. The van der Waals surface area contributed by atoms with Gasteiger partial charge >= 0.3 is 5.97 Å². The first-order valence-corrected chi connectivity index (χ1v) is 6.76. The Morgan fingerprint density at radius 3 is 2.37 bits per heavy atom. The summed E-state index contributed by atoms with van der Waals surface area (Å²) in [6, 6.07) is 1.31. The Morgan fingerprint density at radius 1 is 1.21 bits per heavy atom. The fraction of sp³-hybridized carbons (Fsp3) is 0.571. The minimum absolute atomic E-state index is 0.0277. The lowest BCUT2D eigenvalue weighted by Gasteiger charge is -2.22. The van der Waals surface area contributed by atoms with E-state index in [1.807, 2.05) is 4.90 Å². The SMILES string of the molecule is O=C(O)c1coc(C(=O)N2CC3CCCCC3C2)c1. The van der Waals surface area contributed by atoms with Crippen LogP contribution in [0.15, 0.2) is 16.7 Å². The molecule has 19 heavy (non-hydrogen) atoms. The molecule has 102 valence electrons. The summed E-state index contributed by atoms with van der Waals surface area (Å²) in [6.45, 7) is 1.57. The predicted molar refractivity (Wildman–Crippen MR) is 67.0 cm³/mol. The molecule has 1 aromatic heterocycles. The molecular formula is C14H17NO4. The molecule has 1 aliphatic carbocycles. The van der Waals surface area contributed by atoms with Gasteiger partial charge in [0.15, 0.2) is 5.76 Å². The van der Waals surface area contributed by atoms with Gasteiger partial charge in [0.1, 0.15) is 6.26 Å². The third-order valence-electron chi connectivity index (χ3n) is 4.32. The molecule has 3 rings (SSSR count). The summed E-state index contributed by atoms with van der Waals surface area (Å²) in [5.74, 6) is 0.119. The van der Waals surface area contributed by atoms with E-state index in [1.54, 1.807) is 0 Å². The Hall–Kier alpha value is -1.78. The number of rotatable bonds is 2. The lowest BCUT2D eigenvalue weighted by atomic mass is 9.82. The molecule has 0 radical (unpaired) electrons. The maximum absolute atomic E-state index is 12.3. The first kappa shape index (κ1) is 12.3. The minimum atomic E-state index is -1.07. The van der Waals surface area contributed by atoms with Crippen LogP contribution in [0.3, 0.4) is 0 Å². The summed E-state index contributed by atoms with van der Waals surface area (Å²) in [5, 5.41) is 8.83. The second kappa shape index (κ2) is 4.72. The number of furan rings is 1. The highest BCUT2D eigenvalue weighted by molar-refractivity contribution is 5.95. The third kappa shape index (κ3) is 2.25. The first-order valence-electron chi connectivity index (χ1n) is 6.76. The van der Waals surface area contributed by atoms with Crippen LogP contribution < -0.4 is 0 Å². The van der Waals surface area contributed by atoms with E-state index in [-0.39, 0.29) is 17.2 Å². The number of carbonyl (C=O) groups excluding carboxylic acids is 1. The van der Waals surface area contributed by atoms with Crippen LogP contribution in [0, 0.1) is 11.8 Å². The van der Waals surface area contributed by atoms with E-state index in [0.29, 0.717) is 11.8 Å². The van der Waals surface area contributed by atoms with Crippen molar-refractivity contribution < 1.29 is 19.1 Å². The van der Waals surface area contributed by atoms with Crippen molar-refractivity contribution in [1.82, 2.24) is 4.90 Å². The van der Waals surface area contributed by atoms with Crippen LogP contribution in [0.5, 0.6) is 0 Å². The number of amides is 1. The second-order valence-electron chi connectivity index (χ2n) is 5.52. The van der Waals surface area contributed by atoms with Crippen molar-refractivity contribution in [2.45, 2.75) is 25.7 Å². The van der Waals surface area contributed by atoms with E-state index >= 15 is 0 Å². The Morgan fingerprint density at radius 2 is 1.84 bits per heavy atom. The highest BCUT2D eigenvalue weighted by atomic mass is 16.4. The Kier molecular flexibility index (Phi) is 3.05. The zero-order valence-corrected chi connectivity index (χ0v) is 10.7. The van der Waals surface area contributed by atoms with Crippen molar-refractivity contribution in [2.75, 3.05) is 13.1 Å². The molecule has 2 unspecified atom stereocenters. The van der Waals surface area contributed by atoms with Gasteiger partial charge in [-0.3, -0.25) is 4.79 Å². The number of hydrogen-bond acceptors (Lipinski definition) is 3. The van der Waals surface area contributed by atoms with Crippen LogP contribution in [0.2, 0.25) is 0 Å². The van der Waals surface area contributed by atoms with Gasteiger partial charge in [-0.1, -0.05) is 12.8 Å². The summed E-state index contributed by atoms with van der Waals surface area (Å²) < 4.78 is 5.08. The maximum atomic E-state index is 12.3. The van der Waals surface area contributed by atoms with E-state index in [2.05, 4.69) is 0 Å². The molecule has 5 heteroatoms. The molecule has 0 spiro atoms. The van der Waals surface area contributed by atoms with Crippen molar-refractivity contribution in [3.8, 4) is 0 Å². The molecule has 0 aromatic carbocycles. The zero-order valence-electron chi connectivity index (χ0n) is 10.7. The van der Waals surface area contributed by atoms with Crippen molar-refractivity contribution >= 4 is 11.9 Å². The van der Waals surface area contributed by atoms with Crippen LogP contribution in [-0.2, 0) is 0 Å². The molecule has 2 atom stereocenters. The average molecular weight is 263 g/mol. The molecule has 1 N–H and O–H groups in total. The molecule has 1 saturated carbocycles. The Labute approximate surface area is 111 Å². The van der Waals surface area contributed by atoms with Crippen LogP contribution in [-0.4, -0.2) is 35.0 Å². The highest BCUT2D eigenvalue weighted by Gasteiger charge is 2.37. The third-order valence-corrected chi connectivity index (χ3v) is 4.32. The lowest BCUT2D eigenvalue weighted by molar-refractivity contribution is 0.0695. The van der Waals surface area contributed by atoms with Crippen molar-refractivity contribution in [2.24, 2.45) is 11.8 Å². The fourth-order valence-corrected chi connectivity index (χ4v) is 3.29. The van der Waals surface area contributed by atoms with E-state index in [4.69, 9.17) is 9.52 Å². The number of carboxylic acids is 1. The van der Waals surface area contributed by atoms with Gasteiger partial charge in [0.05, 0.1) is 5.56 Å². The van der Waals surface area contributed by atoms with Gasteiger partial charge in [-0.05, 0) is 24.7 Å². The van der Waals surface area contributed by atoms with Crippen LogP contribution in [0.1, 0.15) is 46.6 Å². The van der Waals surface area contributed by atoms with Crippen LogP contribution >= 0.6 is 0 Å². The summed E-state index contributed by atoms with van der Waals surface area (Å²) in [5.41, 5.74) is 0.0277. The average Bonchev–Trinajstić information content (AvgIpc) is 3.04. The standard InChI is InChI=1S/C14H17NO4/c16-13(12-5-11(8-19-12)14(17)18)15-6-9-3-1-2-4-10(9)7-15/h5,8-10H,1-4,6-7H2,(H,17,18). The van der Waals surface area contributed by atoms with Gasteiger partial charge in [-0.25, -0.2) is 4.79 Å². The van der Waals surface area contributed by atoms with Crippen molar-refractivity contribution in [1.29, 1.82) is 0 Å². The molecule has 2 heterocycles. The van der Waals surface area contributed by atoms with E-state index in [0.717, 1.165) is 19.4 Å². The second-order valence-corrected chi connectivity index (χ2v) is 5.52. The number of likely N-dealkylation sites (tertiary alicyclic amines) is 1. The smallest absolute Gasteiger partial charge is 0.338 e. The van der Waals surface area contributed by atoms with Crippen molar-refractivity contribution in [3.05, 3.63) is 23.7 Å². The van der Waals surface area contributed by atoms with Crippen LogP contribution in [0.25, 0.3) is 0 Å². The molecule has 0 bridgehead atoms. The molecule has 1 amide bonds. The lowest BCUT2D eigenvalue weighted by Crippen LogP contribution is -2.28. The summed E-state index contributed by atoms with van der Waals surface area (Å²) in [4.78, 5) is 24.9. The molecular weight excluding hydrogens is 246 g/mol. The molecule has 5 nitrogen and oxygen atoms in total. The largest absolute Gasteiger partial charge is 0.478 e. The fourth-order valence-electron chi connectivity index (χ4n) is 3.29. The number of carbonyl (C=O) groups is 2. The molecule has 1 saturated heterocycles. The monoisotopic (exact) mass is 263 g/mol. The van der Waals surface area contributed by atoms with Gasteiger partial charge in [-0.2, -0.15) is 0 Å². The minimum Gasteiger partial charge on any atom is -0.478 e. The summed E-state index contributed by atoms with van der Waals surface area (Å²) in [7, 11) is 0. The number of carboxylic acid groups (broad SMARTS) is 1. The quantitative estimate of drug-likeness (QED) is 0.888. The predicted octanol–water partition coefficient (Wildman–Crippen LogP) is 2.24. The Balaban J connectivity index is 1.71.